The first-order valence-electron chi connectivity index (χ1n) is 12.3. The van der Waals surface area contributed by atoms with E-state index in [4.69, 9.17) is 0 Å². The fourth-order valence-corrected chi connectivity index (χ4v) is 8.14. The number of fused-ring (bicyclic) bond motifs is 5. The van der Waals surface area contributed by atoms with E-state index < -0.39 is 0 Å². The second-order valence-electron chi connectivity index (χ2n) is 12.0. The molecule has 0 amide bonds. The molecule has 2 heteroatoms. The van der Waals surface area contributed by atoms with E-state index >= 15 is 0 Å². The number of rotatable bonds is 5. The minimum Gasteiger partial charge on any atom is -0.393 e. The standard InChI is InChI=1S/C26H45NO/c1-24(2,27-5)14-6-7-18-9-11-22-21-10-8-19-17-20(28)12-15-26(19,4)23(21)13-16-25(18,22)3/h8,18,20-23,27-28H,6-7,9-17H2,1-5H3/t18-,20-,21-,22-,23-,25+,26-/m0/s1. The number of nitrogens with one attached hydrogen (secondary N) is 1. The fraction of sp³-hybridized carbons (Fsp3) is 0.923. The van der Waals surface area contributed by atoms with Gasteiger partial charge in [0.2, 0.25) is 0 Å². The van der Waals surface area contributed by atoms with Gasteiger partial charge in [-0.2, -0.15) is 0 Å². The summed E-state index contributed by atoms with van der Waals surface area (Å²) in [5.74, 6) is 3.66. The molecule has 0 aromatic carbocycles. The van der Waals surface area contributed by atoms with Gasteiger partial charge in [-0.3, -0.25) is 0 Å². The topological polar surface area (TPSA) is 32.3 Å². The van der Waals surface area contributed by atoms with Crippen LogP contribution in [-0.4, -0.2) is 23.8 Å². The highest BCUT2D eigenvalue weighted by Crippen LogP contribution is 2.66. The van der Waals surface area contributed by atoms with Crippen LogP contribution >= 0.6 is 0 Å². The van der Waals surface area contributed by atoms with E-state index in [1.54, 1.807) is 5.57 Å². The van der Waals surface area contributed by atoms with Crippen molar-refractivity contribution in [3.05, 3.63) is 11.6 Å². The van der Waals surface area contributed by atoms with E-state index in [2.05, 4.69) is 46.1 Å². The Bertz CT molecular complexity index is 610. The monoisotopic (exact) mass is 387 g/mol. The van der Waals surface area contributed by atoms with Crippen molar-refractivity contribution in [2.75, 3.05) is 7.05 Å². The van der Waals surface area contributed by atoms with Crippen LogP contribution in [0.25, 0.3) is 0 Å². The number of hydrogen-bond donors (Lipinski definition) is 2. The maximum absolute atomic E-state index is 10.2. The van der Waals surface area contributed by atoms with Crippen molar-refractivity contribution in [1.29, 1.82) is 0 Å². The van der Waals surface area contributed by atoms with E-state index in [0.29, 0.717) is 10.8 Å². The maximum Gasteiger partial charge on any atom is 0.0577 e. The molecule has 0 aliphatic heterocycles. The molecule has 7 atom stereocenters. The Balaban J connectivity index is 1.46. The van der Waals surface area contributed by atoms with Crippen LogP contribution in [0.5, 0.6) is 0 Å². The first-order valence-corrected chi connectivity index (χ1v) is 12.3. The molecule has 4 aliphatic rings. The highest BCUT2D eigenvalue weighted by atomic mass is 16.3. The van der Waals surface area contributed by atoms with Crippen LogP contribution in [0.15, 0.2) is 11.6 Å². The molecular weight excluding hydrogens is 342 g/mol. The Labute approximate surface area is 173 Å². The lowest BCUT2D eigenvalue weighted by molar-refractivity contribution is -0.0509. The molecule has 0 bridgehead atoms. The molecule has 4 rings (SSSR count). The quantitative estimate of drug-likeness (QED) is 0.559. The van der Waals surface area contributed by atoms with Crippen molar-refractivity contribution >= 4 is 0 Å². The predicted molar refractivity (Wildman–Crippen MR) is 118 cm³/mol. The molecule has 4 aliphatic carbocycles. The summed E-state index contributed by atoms with van der Waals surface area (Å²) in [7, 11) is 2.10. The van der Waals surface area contributed by atoms with E-state index in [9.17, 15) is 5.11 Å². The SMILES string of the molecule is CNC(C)(C)CCC[C@H]1CC[C@H]2[C@@H]3CC=C4C[C@@H](O)CC[C@]4(C)[C@H]3CC[C@]12C. The number of allylic oxidation sites excluding steroid dienone is 1. The Morgan fingerprint density at radius 3 is 2.64 bits per heavy atom. The van der Waals surface area contributed by atoms with Crippen LogP contribution in [0.3, 0.4) is 0 Å². The van der Waals surface area contributed by atoms with Gasteiger partial charge in [0.15, 0.2) is 0 Å². The summed E-state index contributed by atoms with van der Waals surface area (Å²) in [6.07, 6.45) is 16.9. The van der Waals surface area contributed by atoms with Gasteiger partial charge in [-0.1, -0.05) is 31.9 Å². The van der Waals surface area contributed by atoms with E-state index in [-0.39, 0.29) is 11.6 Å². The third kappa shape index (κ3) is 3.41. The maximum atomic E-state index is 10.2. The molecule has 0 unspecified atom stereocenters. The van der Waals surface area contributed by atoms with Crippen molar-refractivity contribution in [2.45, 2.75) is 110 Å². The van der Waals surface area contributed by atoms with Crippen LogP contribution < -0.4 is 5.32 Å². The summed E-state index contributed by atoms with van der Waals surface area (Å²) < 4.78 is 0. The third-order valence-electron chi connectivity index (χ3n) is 10.3. The molecule has 0 radical (unpaired) electrons. The van der Waals surface area contributed by atoms with Crippen LogP contribution in [0.4, 0.5) is 0 Å². The Morgan fingerprint density at radius 1 is 1.11 bits per heavy atom. The first kappa shape index (κ1) is 20.9. The molecule has 2 N–H and O–H groups in total. The largest absolute Gasteiger partial charge is 0.393 e. The number of hydrogen-bond acceptors (Lipinski definition) is 2. The lowest BCUT2D eigenvalue weighted by Gasteiger charge is -2.58. The average molecular weight is 388 g/mol. The first-order chi connectivity index (χ1) is 13.2. The molecule has 0 aromatic heterocycles. The normalized spacial score (nSPS) is 45.8. The average Bonchev–Trinajstić information content (AvgIpc) is 2.99. The van der Waals surface area contributed by atoms with Crippen LogP contribution in [-0.2, 0) is 0 Å². The molecule has 3 fully saturated rings. The van der Waals surface area contributed by atoms with Gasteiger partial charge in [-0.15, -0.1) is 0 Å². The number of aliphatic hydroxyl groups excluding tert-OH is 1. The summed E-state index contributed by atoms with van der Waals surface area (Å²) in [5, 5.41) is 13.7. The third-order valence-corrected chi connectivity index (χ3v) is 10.3. The molecule has 0 heterocycles. The lowest BCUT2D eigenvalue weighted by Crippen LogP contribution is -2.50. The zero-order valence-corrected chi connectivity index (χ0v) is 19.2. The highest BCUT2D eigenvalue weighted by Gasteiger charge is 2.58. The predicted octanol–water partition coefficient (Wildman–Crippen LogP) is 6.09. The van der Waals surface area contributed by atoms with Crippen molar-refractivity contribution in [3.63, 3.8) is 0 Å². The summed E-state index contributed by atoms with van der Waals surface area (Å²) in [6.45, 7) is 9.90. The molecule has 0 saturated heterocycles. The van der Waals surface area contributed by atoms with E-state index in [1.807, 2.05) is 0 Å². The molecule has 0 spiro atoms. The van der Waals surface area contributed by atoms with Gasteiger partial charge < -0.3 is 10.4 Å². The van der Waals surface area contributed by atoms with Gasteiger partial charge in [0.05, 0.1) is 6.10 Å². The Hall–Kier alpha value is -0.340. The summed E-state index contributed by atoms with van der Waals surface area (Å²) >= 11 is 0. The molecular formula is C26H45NO. The second kappa shape index (κ2) is 7.41. The van der Waals surface area contributed by atoms with Crippen LogP contribution in [0.2, 0.25) is 0 Å². The van der Waals surface area contributed by atoms with E-state index in [0.717, 1.165) is 36.5 Å². The minimum atomic E-state index is -0.0811. The van der Waals surface area contributed by atoms with Gasteiger partial charge in [-0.05, 0) is 120 Å². The summed E-state index contributed by atoms with van der Waals surface area (Å²) in [5.41, 5.74) is 2.86. The van der Waals surface area contributed by atoms with Crippen molar-refractivity contribution < 1.29 is 5.11 Å². The summed E-state index contributed by atoms with van der Waals surface area (Å²) in [4.78, 5) is 0. The van der Waals surface area contributed by atoms with Crippen LogP contribution in [0, 0.1) is 34.5 Å². The molecule has 160 valence electrons. The zero-order chi connectivity index (χ0) is 20.2. The van der Waals surface area contributed by atoms with E-state index in [1.165, 1.54) is 57.8 Å². The second-order valence-corrected chi connectivity index (χ2v) is 12.0. The minimum absolute atomic E-state index is 0.0811. The fourth-order valence-electron chi connectivity index (χ4n) is 8.14. The molecule has 28 heavy (non-hydrogen) atoms. The van der Waals surface area contributed by atoms with Gasteiger partial charge in [-0.25, -0.2) is 0 Å². The highest BCUT2D eigenvalue weighted by molar-refractivity contribution is 5.25. The van der Waals surface area contributed by atoms with Crippen LogP contribution in [0.1, 0.15) is 98.3 Å². The zero-order valence-electron chi connectivity index (χ0n) is 19.2. The van der Waals surface area contributed by atoms with Crippen molar-refractivity contribution in [2.24, 2.45) is 34.5 Å². The Kier molecular flexibility index (Phi) is 5.54. The van der Waals surface area contributed by atoms with Gasteiger partial charge >= 0.3 is 0 Å². The van der Waals surface area contributed by atoms with Gasteiger partial charge in [0.1, 0.15) is 0 Å². The van der Waals surface area contributed by atoms with Gasteiger partial charge in [0.25, 0.3) is 0 Å². The number of aliphatic hydroxyl groups is 1. The molecule has 3 saturated carbocycles. The summed E-state index contributed by atoms with van der Waals surface area (Å²) in [6, 6.07) is 0. The Morgan fingerprint density at radius 2 is 1.89 bits per heavy atom. The van der Waals surface area contributed by atoms with Crippen molar-refractivity contribution in [3.8, 4) is 0 Å². The molecule has 0 aromatic rings. The van der Waals surface area contributed by atoms with Gasteiger partial charge in [0, 0.05) is 5.54 Å². The molecule has 2 nitrogen and oxygen atoms in total. The lowest BCUT2D eigenvalue weighted by atomic mass is 9.47. The smallest absolute Gasteiger partial charge is 0.0577 e. The van der Waals surface area contributed by atoms with Crippen molar-refractivity contribution in [1.82, 2.24) is 5.32 Å².